The Morgan fingerprint density at radius 3 is 2.70 bits per heavy atom. The fraction of sp³-hybridized carbons (Fsp3) is 0.231. The van der Waals surface area contributed by atoms with Gasteiger partial charge in [-0.25, -0.2) is 4.98 Å². The highest BCUT2D eigenvalue weighted by atomic mass is 19.4. The van der Waals surface area contributed by atoms with Crippen LogP contribution in [0.4, 0.5) is 24.5 Å². The molecule has 0 aliphatic heterocycles. The summed E-state index contributed by atoms with van der Waals surface area (Å²) in [5, 5.41) is 2.88. The number of rotatable bonds is 3. The molecule has 4 nitrogen and oxygen atoms in total. The predicted molar refractivity (Wildman–Crippen MR) is 70.0 cm³/mol. The summed E-state index contributed by atoms with van der Waals surface area (Å²) in [4.78, 5) is 7.25. The average molecular weight is 282 g/mol. The van der Waals surface area contributed by atoms with Gasteiger partial charge in [0.05, 0.1) is 17.6 Å². The number of hydrogen-bond acceptors (Lipinski definition) is 4. The lowest BCUT2D eigenvalue weighted by atomic mass is 10.1. The van der Waals surface area contributed by atoms with E-state index in [1.807, 2.05) is 13.0 Å². The van der Waals surface area contributed by atoms with Gasteiger partial charge in [0.25, 0.3) is 0 Å². The van der Waals surface area contributed by atoms with Crippen LogP contribution in [0.15, 0.2) is 30.7 Å². The number of nitrogens with two attached hydrogens (primary N) is 1. The summed E-state index contributed by atoms with van der Waals surface area (Å²) in [6.45, 7) is 2.24. The largest absolute Gasteiger partial charge is 0.433 e. The summed E-state index contributed by atoms with van der Waals surface area (Å²) in [6, 6.07) is 2.73. The van der Waals surface area contributed by atoms with E-state index in [0.29, 0.717) is 6.54 Å². The summed E-state index contributed by atoms with van der Waals surface area (Å²) in [6.07, 6.45) is -0.179. The van der Waals surface area contributed by atoms with Gasteiger partial charge in [-0.05, 0) is 30.2 Å². The van der Waals surface area contributed by atoms with Crippen molar-refractivity contribution in [3.8, 4) is 0 Å². The number of halogens is 3. The number of nitrogens with one attached hydrogen (secondary N) is 1. The third-order valence-corrected chi connectivity index (χ3v) is 2.84. The lowest BCUT2D eigenvalue weighted by Crippen LogP contribution is -2.11. The minimum Gasteiger partial charge on any atom is -0.396 e. The van der Waals surface area contributed by atoms with Crippen LogP contribution in [-0.4, -0.2) is 9.97 Å². The molecule has 0 aromatic carbocycles. The monoisotopic (exact) mass is 282 g/mol. The van der Waals surface area contributed by atoms with Crippen molar-refractivity contribution in [3.05, 3.63) is 47.5 Å². The van der Waals surface area contributed by atoms with Crippen molar-refractivity contribution in [1.82, 2.24) is 9.97 Å². The van der Waals surface area contributed by atoms with Crippen LogP contribution in [0.25, 0.3) is 0 Å². The first-order valence-corrected chi connectivity index (χ1v) is 5.84. The zero-order valence-electron chi connectivity index (χ0n) is 10.7. The van der Waals surface area contributed by atoms with E-state index in [9.17, 15) is 13.2 Å². The fourth-order valence-electron chi connectivity index (χ4n) is 1.65. The Morgan fingerprint density at radius 1 is 1.30 bits per heavy atom. The average Bonchev–Trinajstić information content (AvgIpc) is 2.38. The quantitative estimate of drug-likeness (QED) is 0.908. The minimum atomic E-state index is -4.49. The van der Waals surface area contributed by atoms with Crippen molar-refractivity contribution in [3.63, 3.8) is 0 Å². The maximum absolute atomic E-state index is 12.6. The third-order valence-electron chi connectivity index (χ3n) is 2.84. The predicted octanol–water partition coefficient (Wildman–Crippen LogP) is 3.00. The maximum Gasteiger partial charge on any atom is 0.433 e. The number of pyridine rings is 2. The Kier molecular flexibility index (Phi) is 3.78. The first-order chi connectivity index (χ1) is 9.38. The van der Waals surface area contributed by atoms with Gasteiger partial charge in [0.15, 0.2) is 0 Å². The molecule has 7 heteroatoms. The molecule has 2 aromatic rings. The number of hydrogen-bond donors (Lipinski definition) is 2. The number of aromatic nitrogens is 2. The van der Waals surface area contributed by atoms with E-state index in [2.05, 4.69) is 15.3 Å². The molecule has 0 amide bonds. The summed E-state index contributed by atoms with van der Waals surface area (Å²) in [7, 11) is 0. The lowest BCUT2D eigenvalue weighted by molar-refractivity contribution is -0.141. The van der Waals surface area contributed by atoms with E-state index in [0.717, 1.165) is 23.4 Å². The molecular weight excluding hydrogens is 269 g/mol. The second-order valence-corrected chi connectivity index (χ2v) is 4.31. The topological polar surface area (TPSA) is 63.8 Å². The molecule has 0 aliphatic carbocycles. The minimum absolute atomic E-state index is 0.166. The number of nitrogen functional groups attached to an aromatic ring is 1. The summed E-state index contributed by atoms with van der Waals surface area (Å²) < 4.78 is 37.8. The van der Waals surface area contributed by atoms with Gasteiger partial charge in [-0.3, -0.25) is 4.98 Å². The molecular formula is C13H13F3N4. The van der Waals surface area contributed by atoms with Gasteiger partial charge in [0, 0.05) is 18.9 Å². The molecule has 20 heavy (non-hydrogen) atoms. The van der Waals surface area contributed by atoms with Crippen LogP contribution < -0.4 is 11.1 Å². The molecule has 0 spiro atoms. The molecule has 106 valence electrons. The highest BCUT2D eigenvalue weighted by molar-refractivity contribution is 5.65. The van der Waals surface area contributed by atoms with Gasteiger partial charge in [-0.15, -0.1) is 0 Å². The van der Waals surface area contributed by atoms with Crippen molar-refractivity contribution in [2.45, 2.75) is 19.6 Å². The van der Waals surface area contributed by atoms with Gasteiger partial charge < -0.3 is 11.1 Å². The second-order valence-electron chi connectivity index (χ2n) is 4.31. The van der Waals surface area contributed by atoms with Crippen LogP contribution in [0.1, 0.15) is 16.8 Å². The van der Waals surface area contributed by atoms with Gasteiger partial charge in [-0.1, -0.05) is 0 Å². The van der Waals surface area contributed by atoms with Crippen LogP contribution in [0.3, 0.4) is 0 Å². The molecule has 2 aromatic heterocycles. The molecule has 0 saturated carbocycles. The lowest BCUT2D eigenvalue weighted by Gasteiger charge is -2.13. The van der Waals surface area contributed by atoms with Crippen molar-refractivity contribution < 1.29 is 13.2 Å². The van der Waals surface area contributed by atoms with Gasteiger partial charge >= 0.3 is 6.18 Å². The SMILES string of the molecule is Cc1ccncc1CNc1cc(C(F)(F)F)ncc1N. The molecule has 0 aliphatic rings. The fourth-order valence-corrected chi connectivity index (χ4v) is 1.65. The molecule has 0 fully saturated rings. The summed E-state index contributed by atoms with van der Waals surface area (Å²) in [5.41, 5.74) is 6.91. The molecule has 0 saturated heterocycles. The third kappa shape index (κ3) is 3.17. The van der Waals surface area contributed by atoms with Crippen LogP contribution in [0, 0.1) is 6.92 Å². The van der Waals surface area contributed by atoms with E-state index in [1.165, 1.54) is 0 Å². The molecule has 0 radical (unpaired) electrons. The Labute approximate surface area is 113 Å². The zero-order valence-corrected chi connectivity index (χ0v) is 10.7. The Hall–Kier alpha value is -2.31. The Morgan fingerprint density at radius 2 is 2.05 bits per heavy atom. The normalized spacial score (nSPS) is 11.4. The maximum atomic E-state index is 12.6. The van der Waals surface area contributed by atoms with Crippen molar-refractivity contribution in [2.24, 2.45) is 0 Å². The van der Waals surface area contributed by atoms with E-state index in [1.54, 1.807) is 12.4 Å². The first kappa shape index (κ1) is 14.1. The van der Waals surface area contributed by atoms with E-state index >= 15 is 0 Å². The van der Waals surface area contributed by atoms with Crippen molar-refractivity contribution >= 4 is 11.4 Å². The first-order valence-electron chi connectivity index (χ1n) is 5.84. The second kappa shape index (κ2) is 5.36. The van der Waals surface area contributed by atoms with E-state index in [-0.39, 0.29) is 11.4 Å². The molecule has 2 rings (SSSR count). The Balaban J connectivity index is 2.19. The van der Waals surface area contributed by atoms with E-state index in [4.69, 9.17) is 5.73 Å². The molecule has 3 N–H and O–H groups in total. The van der Waals surface area contributed by atoms with Crippen LogP contribution in [0.2, 0.25) is 0 Å². The molecule has 2 heterocycles. The molecule has 0 atom stereocenters. The zero-order chi connectivity index (χ0) is 14.8. The smallest absolute Gasteiger partial charge is 0.396 e. The van der Waals surface area contributed by atoms with Gasteiger partial charge in [0.2, 0.25) is 0 Å². The van der Waals surface area contributed by atoms with Gasteiger partial charge in [0.1, 0.15) is 5.69 Å². The van der Waals surface area contributed by atoms with Crippen molar-refractivity contribution in [2.75, 3.05) is 11.1 Å². The number of aryl methyl sites for hydroxylation is 1. The number of alkyl halides is 3. The van der Waals surface area contributed by atoms with Crippen LogP contribution >= 0.6 is 0 Å². The summed E-state index contributed by atoms with van der Waals surface area (Å²) in [5.74, 6) is 0. The van der Waals surface area contributed by atoms with Crippen LogP contribution in [0.5, 0.6) is 0 Å². The standard InChI is InChI=1S/C13H13F3N4/c1-8-2-3-18-5-9(8)6-19-11-4-12(13(14,15)16)20-7-10(11)17/h2-5,7H,6,17H2,1H3,(H,19,20). The number of anilines is 2. The highest BCUT2D eigenvalue weighted by Gasteiger charge is 2.32. The van der Waals surface area contributed by atoms with Crippen molar-refractivity contribution in [1.29, 1.82) is 0 Å². The van der Waals surface area contributed by atoms with Crippen LogP contribution in [-0.2, 0) is 12.7 Å². The van der Waals surface area contributed by atoms with E-state index < -0.39 is 11.9 Å². The molecule has 0 bridgehead atoms. The Bertz CT molecular complexity index is 611. The van der Waals surface area contributed by atoms with Gasteiger partial charge in [-0.2, -0.15) is 13.2 Å². The molecule has 0 unspecified atom stereocenters. The summed E-state index contributed by atoms with van der Waals surface area (Å²) >= 11 is 0. The highest BCUT2D eigenvalue weighted by Crippen LogP contribution is 2.31. The number of nitrogens with zero attached hydrogens (tertiary/aromatic N) is 2.